The van der Waals surface area contributed by atoms with E-state index in [9.17, 15) is 9.59 Å². The number of anilines is 2. The average molecular weight is 455 g/mol. The summed E-state index contributed by atoms with van der Waals surface area (Å²) in [6, 6.07) is 12.7. The number of carbonyl (C=O) groups excluding carboxylic acids is 2. The van der Waals surface area contributed by atoms with E-state index in [0.29, 0.717) is 31.1 Å². The molecular weight excluding hydrogens is 436 g/mol. The number of hydrogen-bond donors (Lipinski definition) is 2. The van der Waals surface area contributed by atoms with Gasteiger partial charge in [-0.25, -0.2) is 14.8 Å². The molecule has 8 nitrogen and oxygen atoms in total. The first-order valence-electron chi connectivity index (χ1n) is 9.08. The molecule has 0 saturated carbocycles. The summed E-state index contributed by atoms with van der Waals surface area (Å²) in [7, 11) is 0. The zero-order valence-corrected chi connectivity index (χ0v) is 17.1. The smallest absolute Gasteiger partial charge is 0.322 e. The molecule has 4 rings (SSSR count). The van der Waals surface area contributed by atoms with Crippen molar-refractivity contribution in [1.29, 1.82) is 0 Å². The van der Waals surface area contributed by atoms with Crippen molar-refractivity contribution in [3.8, 4) is 0 Å². The first kappa shape index (κ1) is 19.1. The highest BCUT2D eigenvalue weighted by molar-refractivity contribution is 9.10. The van der Waals surface area contributed by atoms with Crippen molar-refractivity contribution in [3.05, 3.63) is 58.8 Å². The number of urea groups is 1. The second-order valence-electron chi connectivity index (χ2n) is 6.78. The normalized spacial score (nSPS) is 14.3. The maximum Gasteiger partial charge on any atom is 0.322 e. The molecule has 3 aromatic rings. The van der Waals surface area contributed by atoms with Crippen molar-refractivity contribution < 1.29 is 9.59 Å². The highest BCUT2D eigenvalue weighted by atomic mass is 79.9. The second-order valence-corrected chi connectivity index (χ2v) is 7.70. The molecule has 0 atom stereocenters. The molecule has 1 aromatic heterocycles. The van der Waals surface area contributed by atoms with E-state index >= 15 is 0 Å². The van der Waals surface area contributed by atoms with Crippen molar-refractivity contribution >= 4 is 50.3 Å². The molecule has 0 spiro atoms. The summed E-state index contributed by atoms with van der Waals surface area (Å²) in [5.74, 6) is 0.340. The van der Waals surface area contributed by atoms with Gasteiger partial charge in [-0.2, -0.15) is 0 Å². The molecule has 1 fully saturated rings. The number of fused-ring (bicyclic) bond motifs is 1. The van der Waals surface area contributed by atoms with Crippen LogP contribution in [0.15, 0.2) is 53.3 Å². The van der Waals surface area contributed by atoms with Crippen LogP contribution in [0, 0.1) is 0 Å². The van der Waals surface area contributed by atoms with Gasteiger partial charge in [0, 0.05) is 35.2 Å². The van der Waals surface area contributed by atoms with Gasteiger partial charge in [0.25, 0.3) is 0 Å². The second kappa shape index (κ2) is 8.04. The average Bonchev–Trinajstić information content (AvgIpc) is 2.71. The standard InChI is InChI=1S/C20H19BrN6O2/c21-14-2-4-15(5-3-14)25-20(29)27-8-7-26(18(28)11-27)10-13-1-6-16-17(9-13)23-12-24-19(16)22/h1-6,9,12H,7-8,10-11H2,(H,25,29)(H2,22,23,24). The number of nitrogens with zero attached hydrogens (tertiary/aromatic N) is 4. The lowest BCUT2D eigenvalue weighted by molar-refractivity contribution is -0.135. The molecule has 1 aliphatic heterocycles. The molecule has 148 valence electrons. The first-order chi connectivity index (χ1) is 14.0. The highest BCUT2D eigenvalue weighted by Gasteiger charge is 2.27. The Morgan fingerprint density at radius 3 is 2.69 bits per heavy atom. The quantitative estimate of drug-likeness (QED) is 0.632. The molecule has 2 aromatic carbocycles. The summed E-state index contributed by atoms with van der Waals surface area (Å²) < 4.78 is 0.933. The SMILES string of the molecule is Nc1ncnc2cc(CN3CCN(C(=O)Nc4ccc(Br)cc4)CC3=O)ccc12. The van der Waals surface area contributed by atoms with Gasteiger partial charge in [-0.05, 0) is 42.0 Å². The largest absolute Gasteiger partial charge is 0.383 e. The molecule has 9 heteroatoms. The maximum atomic E-state index is 12.6. The van der Waals surface area contributed by atoms with Gasteiger partial charge in [-0.15, -0.1) is 0 Å². The number of piperazine rings is 1. The van der Waals surface area contributed by atoms with E-state index in [4.69, 9.17) is 5.73 Å². The fraction of sp³-hybridized carbons (Fsp3) is 0.200. The van der Waals surface area contributed by atoms with Crippen molar-refractivity contribution in [2.45, 2.75) is 6.54 Å². The number of hydrogen-bond acceptors (Lipinski definition) is 5. The number of nitrogen functional groups attached to an aromatic ring is 1. The number of aromatic nitrogens is 2. The van der Waals surface area contributed by atoms with Gasteiger partial charge in [0.05, 0.1) is 5.52 Å². The number of halogens is 1. The molecule has 2 heterocycles. The fourth-order valence-corrected chi connectivity index (χ4v) is 3.49. The number of carbonyl (C=O) groups is 2. The minimum absolute atomic E-state index is 0.0467. The number of nitrogens with two attached hydrogens (primary N) is 1. The molecule has 0 aliphatic carbocycles. The molecule has 3 amide bonds. The van der Waals surface area contributed by atoms with Crippen LogP contribution in [0.1, 0.15) is 5.56 Å². The minimum Gasteiger partial charge on any atom is -0.383 e. The van der Waals surface area contributed by atoms with E-state index in [1.165, 1.54) is 11.2 Å². The summed E-state index contributed by atoms with van der Waals surface area (Å²) in [5, 5.41) is 3.61. The van der Waals surface area contributed by atoms with Crippen LogP contribution in [-0.4, -0.2) is 51.3 Å². The topological polar surface area (TPSA) is 104 Å². The van der Waals surface area contributed by atoms with E-state index in [2.05, 4.69) is 31.2 Å². The molecular formula is C20H19BrN6O2. The Kier molecular flexibility index (Phi) is 5.30. The van der Waals surface area contributed by atoms with Crippen LogP contribution in [0.3, 0.4) is 0 Å². The Bertz CT molecular complexity index is 1070. The van der Waals surface area contributed by atoms with Gasteiger partial charge in [-0.3, -0.25) is 4.79 Å². The van der Waals surface area contributed by atoms with Gasteiger partial charge < -0.3 is 20.9 Å². The van der Waals surface area contributed by atoms with Crippen LogP contribution in [0.2, 0.25) is 0 Å². The van der Waals surface area contributed by atoms with Gasteiger partial charge in [0.15, 0.2) is 0 Å². The molecule has 1 saturated heterocycles. The fourth-order valence-electron chi connectivity index (χ4n) is 3.23. The number of amides is 3. The van der Waals surface area contributed by atoms with Crippen LogP contribution < -0.4 is 11.1 Å². The zero-order chi connectivity index (χ0) is 20.4. The maximum absolute atomic E-state index is 12.6. The Balaban J connectivity index is 1.38. The van der Waals surface area contributed by atoms with E-state index in [0.717, 1.165) is 20.9 Å². The Hall–Kier alpha value is -3.20. The lowest BCUT2D eigenvalue weighted by Crippen LogP contribution is -2.52. The molecule has 3 N–H and O–H groups in total. The van der Waals surface area contributed by atoms with Crippen molar-refractivity contribution in [2.24, 2.45) is 0 Å². The Morgan fingerprint density at radius 2 is 1.93 bits per heavy atom. The van der Waals surface area contributed by atoms with Gasteiger partial charge in [0.1, 0.15) is 18.7 Å². The lowest BCUT2D eigenvalue weighted by Gasteiger charge is -2.34. The van der Waals surface area contributed by atoms with E-state index in [-0.39, 0.29) is 18.5 Å². The van der Waals surface area contributed by atoms with Crippen molar-refractivity contribution in [3.63, 3.8) is 0 Å². The molecule has 1 aliphatic rings. The first-order valence-corrected chi connectivity index (χ1v) is 9.87. The van der Waals surface area contributed by atoms with Crippen LogP contribution in [0.25, 0.3) is 10.9 Å². The molecule has 0 bridgehead atoms. The van der Waals surface area contributed by atoms with Gasteiger partial charge >= 0.3 is 6.03 Å². The van der Waals surface area contributed by atoms with Crippen LogP contribution >= 0.6 is 15.9 Å². The van der Waals surface area contributed by atoms with E-state index in [1.807, 2.05) is 30.3 Å². The molecule has 0 radical (unpaired) electrons. The van der Waals surface area contributed by atoms with Gasteiger partial charge in [0.2, 0.25) is 5.91 Å². The minimum atomic E-state index is -0.279. The zero-order valence-electron chi connectivity index (χ0n) is 15.5. The number of nitrogens with one attached hydrogen (secondary N) is 1. The molecule has 29 heavy (non-hydrogen) atoms. The predicted molar refractivity (Wildman–Crippen MR) is 114 cm³/mol. The van der Waals surface area contributed by atoms with E-state index < -0.39 is 0 Å². The Labute approximate surface area is 175 Å². The number of benzene rings is 2. The van der Waals surface area contributed by atoms with Crippen molar-refractivity contribution in [1.82, 2.24) is 19.8 Å². The molecule has 0 unspecified atom stereocenters. The van der Waals surface area contributed by atoms with Crippen LogP contribution in [0.5, 0.6) is 0 Å². The summed E-state index contributed by atoms with van der Waals surface area (Å²) in [5.41, 5.74) is 8.24. The lowest BCUT2D eigenvalue weighted by atomic mass is 10.1. The third-order valence-corrected chi connectivity index (χ3v) is 5.34. The van der Waals surface area contributed by atoms with Crippen LogP contribution in [0.4, 0.5) is 16.3 Å². The third kappa shape index (κ3) is 4.29. The summed E-state index contributed by atoms with van der Waals surface area (Å²) in [4.78, 5) is 36.5. The summed E-state index contributed by atoms with van der Waals surface area (Å²) in [6.07, 6.45) is 1.43. The monoisotopic (exact) mass is 454 g/mol. The van der Waals surface area contributed by atoms with Crippen molar-refractivity contribution in [2.75, 3.05) is 30.7 Å². The summed E-state index contributed by atoms with van der Waals surface area (Å²) in [6.45, 7) is 1.44. The highest BCUT2D eigenvalue weighted by Crippen LogP contribution is 2.20. The number of rotatable bonds is 3. The predicted octanol–water partition coefficient (Wildman–Crippen LogP) is 2.85. The Morgan fingerprint density at radius 1 is 1.14 bits per heavy atom. The van der Waals surface area contributed by atoms with Crippen LogP contribution in [-0.2, 0) is 11.3 Å². The van der Waals surface area contributed by atoms with E-state index in [1.54, 1.807) is 17.0 Å². The van der Waals surface area contributed by atoms with Gasteiger partial charge in [-0.1, -0.05) is 22.0 Å². The summed E-state index contributed by atoms with van der Waals surface area (Å²) >= 11 is 3.36. The third-order valence-electron chi connectivity index (χ3n) is 4.81.